The third kappa shape index (κ3) is 1.60. The zero-order valence-corrected chi connectivity index (χ0v) is 8.99. The molecular formula is C13H12N2O. The van der Waals surface area contributed by atoms with Crippen LogP contribution < -0.4 is 0 Å². The lowest BCUT2D eigenvalue weighted by molar-refractivity contribution is 0.277. The second-order valence-electron chi connectivity index (χ2n) is 3.61. The van der Waals surface area contributed by atoms with Crippen molar-refractivity contribution in [1.82, 2.24) is 4.98 Å². The van der Waals surface area contributed by atoms with Gasteiger partial charge in [0, 0.05) is 5.69 Å². The van der Waals surface area contributed by atoms with Crippen molar-refractivity contribution in [1.29, 1.82) is 5.26 Å². The average Bonchev–Trinajstić information content (AvgIpc) is 2.66. The molecule has 0 aliphatic carbocycles. The molecule has 3 nitrogen and oxygen atoms in total. The van der Waals surface area contributed by atoms with E-state index in [1.807, 2.05) is 37.3 Å². The molecule has 2 aromatic rings. The monoisotopic (exact) mass is 212 g/mol. The molecule has 16 heavy (non-hydrogen) atoms. The van der Waals surface area contributed by atoms with E-state index < -0.39 is 0 Å². The molecule has 1 aromatic heterocycles. The molecule has 0 atom stereocenters. The summed E-state index contributed by atoms with van der Waals surface area (Å²) in [4.78, 5) is 3.09. The second kappa shape index (κ2) is 4.21. The van der Waals surface area contributed by atoms with Gasteiger partial charge in [-0.3, -0.25) is 0 Å². The summed E-state index contributed by atoms with van der Waals surface area (Å²) in [7, 11) is 0. The van der Waals surface area contributed by atoms with Crippen LogP contribution in [0.4, 0.5) is 0 Å². The highest BCUT2D eigenvalue weighted by Crippen LogP contribution is 2.26. The molecule has 1 aromatic carbocycles. The summed E-state index contributed by atoms with van der Waals surface area (Å²) in [6.45, 7) is 1.74. The molecule has 3 heteroatoms. The van der Waals surface area contributed by atoms with E-state index in [0.29, 0.717) is 11.3 Å². The molecule has 0 amide bonds. The van der Waals surface area contributed by atoms with Crippen LogP contribution in [0.3, 0.4) is 0 Å². The molecule has 0 aliphatic rings. The number of aliphatic hydroxyl groups is 1. The van der Waals surface area contributed by atoms with E-state index >= 15 is 0 Å². The molecule has 1 heterocycles. The van der Waals surface area contributed by atoms with Crippen molar-refractivity contribution in [3.8, 4) is 17.3 Å². The van der Waals surface area contributed by atoms with Gasteiger partial charge in [-0.1, -0.05) is 30.3 Å². The Labute approximate surface area is 94.0 Å². The topological polar surface area (TPSA) is 59.8 Å². The number of benzene rings is 1. The highest BCUT2D eigenvalue weighted by atomic mass is 16.3. The first-order chi connectivity index (χ1) is 7.77. The molecule has 2 rings (SSSR count). The predicted octanol–water partition coefficient (Wildman–Crippen LogP) is 2.35. The van der Waals surface area contributed by atoms with Gasteiger partial charge in [0.2, 0.25) is 0 Å². The lowest BCUT2D eigenvalue weighted by Gasteiger charge is -1.99. The molecular weight excluding hydrogens is 200 g/mol. The van der Waals surface area contributed by atoms with Crippen LogP contribution in [-0.4, -0.2) is 10.1 Å². The minimum atomic E-state index is -0.142. The molecule has 2 N–H and O–H groups in total. The minimum Gasteiger partial charge on any atom is -0.390 e. The van der Waals surface area contributed by atoms with Crippen LogP contribution in [0.1, 0.15) is 16.8 Å². The summed E-state index contributed by atoms with van der Waals surface area (Å²) < 4.78 is 0. The maximum Gasteiger partial charge on any atom is 0.101 e. The Morgan fingerprint density at radius 1 is 1.31 bits per heavy atom. The summed E-state index contributed by atoms with van der Waals surface area (Å²) >= 11 is 0. The summed E-state index contributed by atoms with van der Waals surface area (Å²) in [5.74, 6) is 0. The van der Waals surface area contributed by atoms with Crippen molar-refractivity contribution in [2.45, 2.75) is 13.5 Å². The molecule has 80 valence electrons. The van der Waals surface area contributed by atoms with E-state index in [1.165, 1.54) is 0 Å². The number of aliphatic hydroxyl groups excluding tert-OH is 1. The molecule has 0 spiro atoms. The number of nitriles is 1. The van der Waals surface area contributed by atoms with Crippen molar-refractivity contribution in [2.24, 2.45) is 0 Å². The van der Waals surface area contributed by atoms with E-state index in [4.69, 9.17) is 10.4 Å². The van der Waals surface area contributed by atoms with Gasteiger partial charge in [0.1, 0.15) is 6.07 Å². The second-order valence-corrected chi connectivity index (χ2v) is 3.61. The lowest BCUT2D eigenvalue weighted by atomic mass is 10.1. The fourth-order valence-corrected chi connectivity index (χ4v) is 1.82. The van der Waals surface area contributed by atoms with Gasteiger partial charge in [0.05, 0.1) is 17.9 Å². The van der Waals surface area contributed by atoms with Gasteiger partial charge in [0.15, 0.2) is 0 Å². The Bertz CT molecular complexity index is 535. The van der Waals surface area contributed by atoms with Gasteiger partial charge >= 0.3 is 0 Å². The lowest BCUT2D eigenvalue weighted by Crippen LogP contribution is -1.86. The van der Waals surface area contributed by atoms with E-state index in [1.54, 1.807) is 0 Å². The van der Waals surface area contributed by atoms with E-state index in [0.717, 1.165) is 16.8 Å². The normalized spacial score (nSPS) is 10.1. The van der Waals surface area contributed by atoms with Crippen LogP contribution in [0.2, 0.25) is 0 Å². The van der Waals surface area contributed by atoms with Crippen molar-refractivity contribution in [3.05, 3.63) is 47.2 Å². The number of aromatic amines is 1. The fourth-order valence-electron chi connectivity index (χ4n) is 1.82. The van der Waals surface area contributed by atoms with Crippen molar-refractivity contribution in [2.75, 3.05) is 0 Å². The van der Waals surface area contributed by atoms with Crippen LogP contribution in [-0.2, 0) is 6.61 Å². The standard InChI is InChI=1S/C13H12N2O/c1-9-11(7-14)12(8-16)15-13(9)10-5-3-2-4-6-10/h2-6,15-16H,8H2,1H3. The molecule has 0 saturated heterocycles. The van der Waals surface area contributed by atoms with Crippen LogP contribution in [0.25, 0.3) is 11.3 Å². The van der Waals surface area contributed by atoms with Gasteiger partial charge in [-0.25, -0.2) is 0 Å². The first-order valence-electron chi connectivity index (χ1n) is 5.05. The Morgan fingerprint density at radius 2 is 2.00 bits per heavy atom. The average molecular weight is 212 g/mol. The van der Waals surface area contributed by atoms with Crippen LogP contribution in [0.5, 0.6) is 0 Å². The first-order valence-corrected chi connectivity index (χ1v) is 5.05. The van der Waals surface area contributed by atoms with Crippen molar-refractivity contribution >= 4 is 0 Å². The number of rotatable bonds is 2. The van der Waals surface area contributed by atoms with Crippen molar-refractivity contribution < 1.29 is 5.11 Å². The molecule has 0 bridgehead atoms. The predicted molar refractivity (Wildman–Crippen MR) is 61.6 cm³/mol. The Morgan fingerprint density at radius 3 is 2.50 bits per heavy atom. The summed E-state index contributed by atoms with van der Waals surface area (Å²) in [6, 6.07) is 11.9. The summed E-state index contributed by atoms with van der Waals surface area (Å²) in [6.07, 6.45) is 0. The van der Waals surface area contributed by atoms with Gasteiger partial charge < -0.3 is 10.1 Å². The quantitative estimate of drug-likeness (QED) is 0.802. The number of H-pyrrole nitrogens is 1. The van der Waals surface area contributed by atoms with E-state index in [-0.39, 0.29) is 6.61 Å². The number of hydrogen-bond donors (Lipinski definition) is 2. The largest absolute Gasteiger partial charge is 0.390 e. The van der Waals surface area contributed by atoms with Gasteiger partial charge in [-0.15, -0.1) is 0 Å². The highest BCUT2D eigenvalue weighted by molar-refractivity contribution is 5.68. The third-order valence-corrected chi connectivity index (χ3v) is 2.66. The molecule has 0 fully saturated rings. The summed E-state index contributed by atoms with van der Waals surface area (Å²) in [5, 5.41) is 18.2. The Kier molecular flexibility index (Phi) is 2.76. The molecule has 0 aliphatic heterocycles. The first kappa shape index (κ1) is 10.5. The van der Waals surface area contributed by atoms with Crippen LogP contribution in [0, 0.1) is 18.3 Å². The molecule has 0 unspecified atom stereocenters. The Hall–Kier alpha value is -2.05. The number of nitrogens with zero attached hydrogens (tertiary/aromatic N) is 1. The maximum absolute atomic E-state index is 9.15. The summed E-state index contributed by atoms with van der Waals surface area (Å²) in [5.41, 5.74) is 3.94. The van der Waals surface area contributed by atoms with Gasteiger partial charge in [-0.05, 0) is 18.1 Å². The molecule has 0 radical (unpaired) electrons. The number of nitrogens with one attached hydrogen (secondary N) is 1. The smallest absolute Gasteiger partial charge is 0.101 e. The van der Waals surface area contributed by atoms with Gasteiger partial charge in [0.25, 0.3) is 0 Å². The van der Waals surface area contributed by atoms with Crippen molar-refractivity contribution in [3.63, 3.8) is 0 Å². The van der Waals surface area contributed by atoms with Crippen LogP contribution >= 0.6 is 0 Å². The Balaban J connectivity index is 2.60. The fraction of sp³-hybridized carbons (Fsp3) is 0.154. The van der Waals surface area contributed by atoms with E-state index in [9.17, 15) is 0 Å². The zero-order chi connectivity index (χ0) is 11.5. The number of hydrogen-bond acceptors (Lipinski definition) is 2. The zero-order valence-electron chi connectivity index (χ0n) is 8.99. The number of aromatic nitrogens is 1. The van der Waals surface area contributed by atoms with Gasteiger partial charge in [-0.2, -0.15) is 5.26 Å². The highest BCUT2D eigenvalue weighted by Gasteiger charge is 2.13. The maximum atomic E-state index is 9.15. The molecule has 0 saturated carbocycles. The van der Waals surface area contributed by atoms with E-state index in [2.05, 4.69) is 11.1 Å². The minimum absolute atomic E-state index is 0.142. The third-order valence-electron chi connectivity index (χ3n) is 2.66. The van der Waals surface area contributed by atoms with Crippen LogP contribution in [0.15, 0.2) is 30.3 Å². The SMILES string of the molecule is Cc1c(-c2ccccc2)[nH]c(CO)c1C#N.